The van der Waals surface area contributed by atoms with Crippen LogP contribution in [0.4, 0.5) is 14.9 Å². The molecule has 1 fully saturated rings. The van der Waals surface area contributed by atoms with Crippen molar-refractivity contribution in [2.24, 2.45) is 5.92 Å². The zero-order valence-electron chi connectivity index (χ0n) is 17.3. The second-order valence-electron chi connectivity index (χ2n) is 8.26. The Morgan fingerprint density at radius 1 is 1.30 bits per heavy atom. The number of alkyl halides is 1. The summed E-state index contributed by atoms with van der Waals surface area (Å²) in [6.07, 6.45) is 1.66. The van der Waals surface area contributed by atoms with E-state index in [0.717, 1.165) is 22.6 Å². The van der Waals surface area contributed by atoms with Crippen LogP contribution >= 0.6 is 0 Å². The molecule has 2 aliphatic heterocycles. The van der Waals surface area contributed by atoms with Gasteiger partial charge in [0.25, 0.3) is 5.91 Å². The number of benzene rings is 1. The van der Waals surface area contributed by atoms with Crippen LogP contribution in [-0.2, 0) is 16.0 Å². The molecule has 0 aromatic heterocycles. The van der Waals surface area contributed by atoms with Gasteiger partial charge in [0.2, 0.25) is 5.91 Å². The number of nitrogens with one attached hydrogen (secondary N) is 1. The van der Waals surface area contributed by atoms with E-state index in [4.69, 9.17) is 0 Å². The van der Waals surface area contributed by atoms with Gasteiger partial charge in [0.1, 0.15) is 12.2 Å². The molecular weight excluding hydrogens is 389 g/mol. The van der Waals surface area contributed by atoms with E-state index in [9.17, 15) is 23.9 Å². The molecule has 0 unspecified atom stereocenters. The highest BCUT2D eigenvalue weighted by molar-refractivity contribution is 6.03. The van der Waals surface area contributed by atoms with Crippen molar-refractivity contribution in [3.05, 3.63) is 42.0 Å². The first-order chi connectivity index (χ1) is 14.3. The predicted molar refractivity (Wildman–Crippen MR) is 111 cm³/mol. The third-order valence-corrected chi connectivity index (χ3v) is 5.48. The second kappa shape index (κ2) is 9.28. The van der Waals surface area contributed by atoms with Crippen molar-refractivity contribution in [3.8, 4) is 0 Å². The molecule has 30 heavy (non-hydrogen) atoms. The minimum atomic E-state index is -1.35. The molecule has 1 aromatic carbocycles. The Kier molecular flexibility index (Phi) is 6.74. The van der Waals surface area contributed by atoms with Crippen molar-refractivity contribution >= 4 is 23.6 Å². The Labute approximate surface area is 175 Å². The molecule has 1 aromatic rings. The van der Waals surface area contributed by atoms with E-state index in [-0.39, 0.29) is 24.8 Å². The lowest BCUT2D eigenvalue weighted by molar-refractivity contribution is -0.125. The van der Waals surface area contributed by atoms with Crippen LogP contribution in [0.1, 0.15) is 32.3 Å². The van der Waals surface area contributed by atoms with Crippen LogP contribution < -0.4 is 10.2 Å². The molecule has 162 valence electrons. The molecule has 0 saturated carbocycles. The van der Waals surface area contributed by atoms with Crippen LogP contribution in [0.25, 0.3) is 0 Å². The highest BCUT2D eigenvalue weighted by Crippen LogP contribution is 2.27. The fourth-order valence-electron chi connectivity index (χ4n) is 4.07. The molecule has 7 nitrogen and oxygen atoms in total. The van der Waals surface area contributed by atoms with Gasteiger partial charge in [-0.15, -0.1) is 0 Å². The van der Waals surface area contributed by atoms with E-state index in [1.54, 1.807) is 11.0 Å². The maximum absolute atomic E-state index is 13.7. The first kappa shape index (κ1) is 21.8. The third-order valence-electron chi connectivity index (χ3n) is 5.48. The minimum absolute atomic E-state index is 0.153. The molecule has 8 heteroatoms. The number of rotatable bonds is 6. The number of anilines is 1. The molecule has 0 radical (unpaired) electrons. The number of fused-ring (bicyclic) bond motifs is 1. The number of nitrogens with zero attached hydrogens (tertiary/aromatic N) is 2. The highest BCUT2D eigenvalue weighted by atomic mass is 19.1. The number of carboxylic acid groups (broad SMARTS) is 1. The largest absolute Gasteiger partial charge is 0.465 e. The third kappa shape index (κ3) is 4.98. The van der Waals surface area contributed by atoms with Crippen LogP contribution in [0.15, 0.2) is 36.4 Å². The van der Waals surface area contributed by atoms with Crippen LogP contribution in [0.2, 0.25) is 0 Å². The maximum Gasteiger partial charge on any atom is 0.408 e. The van der Waals surface area contributed by atoms with Gasteiger partial charge in [-0.3, -0.25) is 14.5 Å². The van der Waals surface area contributed by atoms with Gasteiger partial charge in [-0.05, 0) is 30.4 Å². The van der Waals surface area contributed by atoms with Gasteiger partial charge < -0.3 is 15.3 Å². The van der Waals surface area contributed by atoms with Crippen molar-refractivity contribution in [1.29, 1.82) is 0 Å². The fourth-order valence-corrected chi connectivity index (χ4v) is 4.07. The second-order valence-corrected chi connectivity index (χ2v) is 8.26. The number of carbonyl (C=O) groups excluding carboxylic acids is 2. The van der Waals surface area contributed by atoms with Gasteiger partial charge in [-0.25, -0.2) is 9.18 Å². The number of halogens is 1. The summed E-state index contributed by atoms with van der Waals surface area (Å²) >= 11 is 0. The highest BCUT2D eigenvalue weighted by Gasteiger charge is 2.40. The Hall–Kier alpha value is -2.90. The van der Waals surface area contributed by atoms with Crippen molar-refractivity contribution < 1.29 is 23.9 Å². The predicted octanol–water partition coefficient (Wildman–Crippen LogP) is 2.75. The van der Waals surface area contributed by atoms with E-state index in [1.807, 2.05) is 38.1 Å². The van der Waals surface area contributed by atoms with E-state index in [1.165, 1.54) is 6.08 Å². The zero-order chi connectivity index (χ0) is 21.8. The molecule has 0 aliphatic carbocycles. The molecule has 2 heterocycles. The van der Waals surface area contributed by atoms with Crippen LogP contribution in [0, 0.1) is 5.92 Å². The summed E-state index contributed by atoms with van der Waals surface area (Å²) in [5.41, 5.74) is 2.02. The average Bonchev–Trinajstić information content (AvgIpc) is 3.29. The molecule has 3 rings (SSSR count). The monoisotopic (exact) mass is 417 g/mol. The number of amides is 3. The smallest absolute Gasteiger partial charge is 0.408 e. The van der Waals surface area contributed by atoms with Gasteiger partial charge in [0, 0.05) is 30.8 Å². The molecule has 0 bridgehead atoms. The van der Waals surface area contributed by atoms with Crippen LogP contribution in [0.5, 0.6) is 0 Å². The first-order valence-corrected chi connectivity index (χ1v) is 10.3. The Morgan fingerprint density at radius 3 is 2.73 bits per heavy atom. The lowest BCUT2D eigenvalue weighted by atomic mass is 10.0. The summed E-state index contributed by atoms with van der Waals surface area (Å²) in [4.78, 5) is 39.2. The van der Waals surface area contributed by atoms with Crippen molar-refractivity contribution in [3.63, 3.8) is 0 Å². The van der Waals surface area contributed by atoms with E-state index in [2.05, 4.69) is 5.32 Å². The van der Waals surface area contributed by atoms with Crippen LogP contribution in [-0.4, -0.2) is 59.3 Å². The Balaban J connectivity index is 1.68. The molecule has 2 N–H and O–H groups in total. The molecule has 3 amide bonds. The van der Waals surface area contributed by atoms with Crippen LogP contribution in [0.3, 0.4) is 0 Å². The van der Waals surface area contributed by atoms with Gasteiger partial charge in [0.05, 0.1) is 6.54 Å². The molecule has 1 saturated heterocycles. The van der Waals surface area contributed by atoms with Gasteiger partial charge in [0.15, 0.2) is 0 Å². The van der Waals surface area contributed by atoms with E-state index in [0.29, 0.717) is 13.0 Å². The topological polar surface area (TPSA) is 90.0 Å². The Bertz CT molecular complexity index is 841. The van der Waals surface area contributed by atoms with Crippen molar-refractivity contribution in [1.82, 2.24) is 10.2 Å². The van der Waals surface area contributed by atoms with E-state index < -0.39 is 30.3 Å². The number of likely N-dealkylation sites (tertiary alicyclic amines) is 1. The SMILES string of the molecule is CC(C)C[C@@H](C=CC(=O)N1CCc2ccccc21)NC(=O)[C@@H]1C[C@H](F)CN1C(=O)O. The molecule has 3 atom stereocenters. The summed E-state index contributed by atoms with van der Waals surface area (Å²) in [6.45, 7) is 4.28. The lowest BCUT2D eigenvalue weighted by Crippen LogP contribution is -2.48. The summed E-state index contributed by atoms with van der Waals surface area (Å²) < 4.78 is 13.7. The van der Waals surface area contributed by atoms with Crippen molar-refractivity contribution in [2.75, 3.05) is 18.0 Å². The van der Waals surface area contributed by atoms with Gasteiger partial charge in [-0.2, -0.15) is 0 Å². The first-order valence-electron chi connectivity index (χ1n) is 10.3. The molecular formula is C22H28FN3O4. The quantitative estimate of drug-likeness (QED) is 0.697. The number of hydrogen-bond donors (Lipinski definition) is 2. The zero-order valence-corrected chi connectivity index (χ0v) is 17.3. The molecule has 2 aliphatic rings. The summed E-state index contributed by atoms with van der Waals surface area (Å²) in [6, 6.07) is 6.25. The van der Waals surface area contributed by atoms with Gasteiger partial charge in [-0.1, -0.05) is 38.1 Å². The lowest BCUT2D eigenvalue weighted by Gasteiger charge is -2.24. The summed E-state index contributed by atoms with van der Waals surface area (Å²) in [7, 11) is 0. The van der Waals surface area contributed by atoms with Gasteiger partial charge >= 0.3 is 6.09 Å². The van der Waals surface area contributed by atoms with E-state index >= 15 is 0 Å². The standard InChI is InChI=1S/C22H28FN3O4/c1-14(2)11-17(24-21(28)19-12-16(23)13-26(19)22(29)30)7-8-20(27)25-10-9-15-5-3-4-6-18(15)25/h3-8,14,16-17,19H,9-13H2,1-2H3,(H,24,28)(H,29,30)/t16-,17+,19-/m0/s1. The Morgan fingerprint density at radius 2 is 2.03 bits per heavy atom. The minimum Gasteiger partial charge on any atom is -0.465 e. The fraction of sp³-hybridized carbons (Fsp3) is 0.500. The number of carbonyl (C=O) groups is 3. The van der Waals surface area contributed by atoms with Crippen molar-refractivity contribution in [2.45, 2.75) is 51.4 Å². The normalized spacial score (nSPS) is 21.9. The summed E-state index contributed by atoms with van der Waals surface area (Å²) in [5.74, 6) is -0.470. The average molecular weight is 417 g/mol. The molecule has 0 spiro atoms. The summed E-state index contributed by atoms with van der Waals surface area (Å²) in [5, 5.41) is 12.0. The number of hydrogen-bond acceptors (Lipinski definition) is 3. The number of para-hydroxylation sites is 1. The maximum atomic E-state index is 13.7.